The molecule has 38 heavy (non-hydrogen) atoms. The summed E-state index contributed by atoms with van der Waals surface area (Å²) in [7, 11) is 0. The third-order valence-corrected chi connectivity index (χ3v) is 6.73. The normalized spacial score (nSPS) is 11.2. The predicted octanol–water partition coefficient (Wildman–Crippen LogP) is -1.16. The van der Waals surface area contributed by atoms with Gasteiger partial charge in [-0.15, -0.1) is 0 Å². The number of hydrogen-bond donors (Lipinski definition) is 0. The molecule has 9 heteroatoms. The first-order valence-corrected chi connectivity index (χ1v) is 14.6. The van der Waals surface area contributed by atoms with Gasteiger partial charge in [0.15, 0.2) is 0 Å². The van der Waals surface area contributed by atoms with Gasteiger partial charge < -0.3 is 19.8 Å². The summed E-state index contributed by atoms with van der Waals surface area (Å²) in [6, 6.07) is -1.57. The van der Waals surface area contributed by atoms with Crippen molar-refractivity contribution in [3.63, 3.8) is 0 Å². The Morgan fingerprint density at radius 1 is 0.526 bits per heavy atom. The van der Waals surface area contributed by atoms with Gasteiger partial charge in [-0.25, -0.2) is 0 Å². The number of rotatable bonds is 25. The van der Waals surface area contributed by atoms with Gasteiger partial charge in [-0.1, -0.05) is 117 Å². The number of amides is 2. The quantitative estimate of drug-likeness (QED) is 0.104. The zero-order valence-electron chi connectivity index (χ0n) is 25.0. The number of imide groups is 1. The summed E-state index contributed by atoms with van der Waals surface area (Å²) in [5.74, 6) is -4.12. The van der Waals surface area contributed by atoms with E-state index < -0.39 is 42.6 Å². The van der Waals surface area contributed by atoms with Gasteiger partial charge >= 0.3 is 59.1 Å². The second kappa shape index (κ2) is 30.0. The zero-order valence-corrected chi connectivity index (χ0v) is 29.0. The number of carboxylic acid groups (broad SMARTS) is 2. The molecule has 0 saturated heterocycles. The van der Waals surface area contributed by atoms with Crippen molar-refractivity contribution in [2.75, 3.05) is 0 Å². The molecule has 0 aromatic carbocycles. The minimum Gasteiger partial charge on any atom is -0.550 e. The van der Waals surface area contributed by atoms with Gasteiger partial charge in [-0.3, -0.25) is 14.5 Å². The van der Waals surface area contributed by atoms with Gasteiger partial charge in [0.05, 0.1) is 12.0 Å². The number of nitrogens with zero attached hydrogens (tertiary/aromatic N) is 1. The molecule has 0 aliphatic heterocycles. The van der Waals surface area contributed by atoms with Crippen molar-refractivity contribution in [2.45, 2.75) is 161 Å². The molecule has 1 atom stereocenters. The molecule has 0 rings (SSSR count). The van der Waals surface area contributed by atoms with Crippen molar-refractivity contribution in [1.29, 1.82) is 0 Å². The molecule has 0 aromatic heterocycles. The predicted molar refractivity (Wildman–Crippen MR) is 139 cm³/mol. The number of carbonyl (C=O) groups is 4. The fourth-order valence-corrected chi connectivity index (χ4v) is 4.51. The zero-order chi connectivity index (χ0) is 27.0. The van der Waals surface area contributed by atoms with E-state index in [4.69, 9.17) is 0 Å². The van der Waals surface area contributed by atoms with E-state index in [1.165, 1.54) is 64.2 Å². The number of hydrogen-bond acceptors (Lipinski definition) is 6. The maximum atomic E-state index is 12.9. The first-order chi connectivity index (χ1) is 17.3. The third kappa shape index (κ3) is 23.9. The Kier molecular flexibility index (Phi) is 33.6. The number of carbonyl (C=O) groups excluding carboxylic acids is 4. The van der Waals surface area contributed by atoms with E-state index in [0.717, 1.165) is 43.4 Å². The standard InChI is InChI=1S/C29H53NO6.2Na/c1-3-5-7-9-11-13-15-17-19-21-26(31)30(25(29(35)36)23-24-28(33)34)27(32)22-20-18-16-14-12-10-8-6-4-2;;/h25H,3-24H2,1-2H3,(H,33,34)(H,35,36);;/q;2*+1/p-2. The molecule has 0 aliphatic rings. The van der Waals surface area contributed by atoms with Crippen LogP contribution in [0.5, 0.6) is 0 Å². The first kappa shape index (κ1) is 42.5. The second-order valence-corrected chi connectivity index (χ2v) is 10.1. The molecule has 210 valence electrons. The van der Waals surface area contributed by atoms with Gasteiger partial charge in [0.2, 0.25) is 11.8 Å². The average molecular weight is 556 g/mol. The van der Waals surface area contributed by atoms with Crippen LogP contribution in [-0.4, -0.2) is 34.7 Å². The minimum absolute atomic E-state index is 0. The van der Waals surface area contributed by atoms with Gasteiger partial charge in [-0.2, -0.15) is 0 Å². The summed E-state index contributed by atoms with van der Waals surface area (Å²) in [5.41, 5.74) is 0. The van der Waals surface area contributed by atoms with Crippen molar-refractivity contribution < 1.29 is 88.5 Å². The maximum absolute atomic E-state index is 12.9. The van der Waals surface area contributed by atoms with Crippen molar-refractivity contribution in [3.05, 3.63) is 0 Å². The van der Waals surface area contributed by atoms with Crippen LogP contribution >= 0.6 is 0 Å². The van der Waals surface area contributed by atoms with E-state index in [-0.39, 0.29) is 72.0 Å². The number of carboxylic acids is 2. The fourth-order valence-electron chi connectivity index (χ4n) is 4.51. The molecular formula is C29H51NNa2O6. The summed E-state index contributed by atoms with van der Waals surface area (Å²) >= 11 is 0. The molecule has 0 heterocycles. The smallest absolute Gasteiger partial charge is 0.550 e. The fraction of sp³-hybridized carbons (Fsp3) is 0.862. The van der Waals surface area contributed by atoms with Crippen LogP contribution in [0.15, 0.2) is 0 Å². The summed E-state index contributed by atoms with van der Waals surface area (Å²) in [5, 5.41) is 22.6. The van der Waals surface area contributed by atoms with Crippen LogP contribution in [0.2, 0.25) is 0 Å². The molecule has 0 radical (unpaired) electrons. The Morgan fingerprint density at radius 2 is 0.842 bits per heavy atom. The Bertz CT molecular complexity index is 584. The average Bonchev–Trinajstić information content (AvgIpc) is 2.83. The van der Waals surface area contributed by atoms with Gasteiger partial charge in [0.1, 0.15) is 0 Å². The Morgan fingerprint density at radius 3 is 1.13 bits per heavy atom. The minimum atomic E-state index is -1.60. The molecule has 0 aromatic rings. The molecule has 0 bridgehead atoms. The summed E-state index contributed by atoms with van der Waals surface area (Å²) in [6.45, 7) is 4.37. The van der Waals surface area contributed by atoms with Crippen molar-refractivity contribution >= 4 is 23.8 Å². The van der Waals surface area contributed by atoms with Crippen molar-refractivity contribution in [1.82, 2.24) is 4.90 Å². The molecule has 0 fully saturated rings. The van der Waals surface area contributed by atoms with Gasteiger partial charge in [0.25, 0.3) is 0 Å². The Labute approximate surface area is 276 Å². The Balaban J connectivity index is -0.00000612. The molecule has 1 unspecified atom stereocenters. The van der Waals surface area contributed by atoms with E-state index in [0.29, 0.717) is 12.8 Å². The van der Waals surface area contributed by atoms with Gasteiger partial charge in [-0.05, 0) is 25.7 Å². The molecule has 0 aliphatic carbocycles. The third-order valence-electron chi connectivity index (χ3n) is 6.73. The topological polar surface area (TPSA) is 118 Å². The van der Waals surface area contributed by atoms with Gasteiger partial charge in [0, 0.05) is 18.8 Å². The van der Waals surface area contributed by atoms with Crippen LogP contribution in [0.3, 0.4) is 0 Å². The summed E-state index contributed by atoms with van der Waals surface area (Å²) < 4.78 is 0. The summed E-state index contributed by atoms with van der Waals surface area (Å²) in [4.78, 5) is 49.2. The van der Waals surface area contributed by atoms with Crippen molar-refractivity contribution in [3.8, 4) is 0 Å². The molecular weight excluding hydrogens is 504 g/mol. The molecule has 7 nitrogen and oxygen atoms in total. The SMILES string of the molecule is CCCCCCCCCCCC(=O)N(C(=O)CCCCCCCCCCC)C(CCC(=O)[O-])C(=O)[O-].[Na+].[Na+]. The van der Waals surface area contributed by atoms with Crippen LogP contribution in [0.1, 0.15) is 155 Å². The molecule has 0 spiro atoms. The maximum Gasteiger partial charge on any atom is 1.00 e. The van der Waals surface area contributed by atoms with E-state index in [1.807, 2.05) is 0 Å². The van der Waals surface area contributed by atoms with E-state index in [2.05, 4.69) is 13.8 Å². The van der Waals surface area contributed by atoms with E-state index in [1.54, 1.807) is 0 Å². The monoisotopic (exact) mass is 555 g/mol. The van der Waals surface area contributed by atoms with Crippen LogP contribution in [0.25, 0.3) is 0 Å². The number of aliphatic carboxylic acids is 2. The molecule has 0 saturated carbocycles. The largest absolute Gasteiger partial charge is 1.00 e. The Hall–Kier alpha value is 0.0800. The van der Waals surface area contributed by atoms with E-state index >= 15 is 0 Å². The van der Waals surface area contributed by atoms with E-state index in [9.17, 15) is 29.4 Å². The number of unbranched alkanes of at least 4 members (excludes halogenated alkanes) is 16. The van der Waals surface area contributed by atoms with Crippen LogP contribution in [0, 0.1) is 0 Å². The second-order valence-electron chi connectivity index (χ2n) is 10.1. The van der Waals surface area contributed by atoms with Crippen LogP contribution in [0.4, 0.5) is 0 Å². The summed E-state index contributed by atoms with van der Waals surface area (Å²) in [6.07, 6.45) is 18.5. The molecule has 0 N–H and O–H groups in total. The van der Waals surface area contributed by atoms with Crippen LogP contribution < -0.4 is 69.3 Å². The first-order valence-electron chi connectivity index (χ1n) is 14.6. The van der Waals surface area contributed by atoms with Crippen molar-refractivity contribution in [2.24, 2.45) is 0 Å². The van der Waals surface area contributed by atoms with Crippen LogP contribution in [-0.2, 0) is 19.2 Å². The molecule has 2 amide bonds.